The Morgan fingerprint density at radius 2 is 2.50 bits per heavy atom. The number of hydrogen-bond acceptors (Lipinski definition) is 3. The molecule has 0 bridgehead atoms. The van der Waals surface area contributed by atoms with E-state index in [2.05, 4.69) is 10.3 Å². The highest BCUT2D eigenvalue weighted by Gasteiger charge is 2.39. The largest absolute Gasteiger partial charge is 0.495 e. The minimum absolute atomic E-state index is 0.320. The molecule has 1 aromatic heterocycles. The van der Waals surface area contributed by atoms with Crippen LogP contribution >= 0.6 is 0 Å². The lowest BCUT2D eigenvalue weighted by molar-refractivity contribution is 0.179. The standard InChI is InChI=1S/C10H13FN2O/c1-14-8-3-2-5-13-9(8)10(11)4-6-12-7-10/h2-3,5,12H,4,6-7H2,1H3. The van der Waals surface area contributed by atoms with Crippen molar-refractivity contribution in [1.29, 1.82) is 0 Å². The number of ether oxygens (including phenoxy) is 1. The molecule has 1 aromatic rings. The molecule has 1 N–H and O–H groups in total. The van der Waals surface area contributed by atoms with Crippen LogP contribution in [0.3, 0.4) is 0 Å². The summed E-state index contributed by atoms with van der Waals surface area (Å²) in [5, 5.41) is 2.99. The van der Waals surface area contributed by atoms with Crippen molar-refractivity contribution in [1.82, 2.24) is 10.3 Å². The first-order valence-electron chi connectivity index (χ1n) is 4.65. The molecule has 2 heterocycles. The highest BCUT2D eigenvalue weighted by atomic mass is 19.1. The Morgan fingerprint density at radius 1 is 1.64 bits per heavy atom. The molecule has 0 radical (unpaired) electrons. The first-order valence-corrected chi connectivity index (χ1v) is 4.65. The van der Waals surface area contributed by atoms with Gasteiger partial charge in [-0.1, -0.05) is 0 Å². The molecule has 4 heteroatoms. The molecule has 1 unspecified atom stereocenters. The second-order valence-corrected chi connectivity index (χ2v) is 3.45. The Balaban J connectivity index is 2.39. The summed E-state index contributed by atoms with van der Waals surface area (Å²) in [7, 11) is 1.53. The average molecular weight is 196 g/mol. The third kappa shape index (κ3) is 1.46. The van der Waals surface area contributed by atoms with Crippen LogP contribution in [0.1, 0.15) is 12.1 Å². The van der Waals surface area contributed by atoms with E-state index in [4.69, 9.17) is 4.74 Å². The van der Waals surface area contributed by atoms with Crippen molar-refractivity contribution in [2.75, 3.05) is 20.2 Å². The third-order valence-corrected chi connectivity index (χ3v) is 2.52. The minimum atomic E-state index is -1.37. The predicted molar refractivity (Wildman–Crippen MR) is 51.1 cm³/mol. The quantitative estimate of drug-likeness (QED) is 0.773. The second kappa shape index (κ2) is 3.53. The molecule has 1 saturated heterocycles. The van der Waals surface area contributed by atoms with Gasteiger partial charge in [-0.3, -0.25) is 4.98 Å². The SMILES string of the molecule is COc1cccnc1C1(F)CCNC1. The molecule has 76 valence electrons. The molecule has 1 aliphatic rings. The number of rotatable bonds is 2. The zero-order chi connectivity index (χ0) is 10.0. The number of halogens is 1. The van der Waals surface area contributed by atoms with E-state index < -0.39 is 5.67 Å². The number of pyridine rings is 1. The van der Waals surface area contributed by atoms with Crippen LogP contribution in [0, 0.1) is 0 Å². The topological polar surface area (TPSA) is 34.1 Å². The molecule has 1 atom stereocenters. The number of nitrogens with zero attached hydrogens (tertiary/aromatic N) is 1. The summed E-state index contributed by atoms with van der Waals surface area (Å²) in [4.78, 5) is 4.06. The lowest BCUT2D eigenvalue weighted by atomic mass is 9.99. The summed E-state index contributed by atoms with van der Waals surface area (Å²) in [6.45, 7) is 1.01. The van der Waals surface area contributed by atoms with Gasteiger partial charge in [0.2, 0.25) is 0 Å². The number of nitrogens with one attached hydrogen (secondary N) is 1. The van der Waals surface area contributed by atoms with Gasteiger partial charge in [-0.15, -0.1) is 0 Å². The van der Waals surface area contributed by atoms with Gasteiger partial charge in [0.1, 0.15) is 11.4 Å². The van der Waals surface area contributed by atoms with E-state index in [1.54, 1.807) is 18.3 Å². The molecule has 14 heavy (non-hydrogen) atoms. The number of methoxy groups -OCH3 is 1. The Morgan fingerprint density at radius 3 is 3.14 bits per heavy atom. The van der Waals surface area contributed by atoms with Crippen molar-refractivity contribution < 1.29 is 9.13 Å². The first-order chi connectivity index (χ1) is 6.76. The Labute approximate surface area is 82.3 Å². The molecule has 3 nitrogen and oxygen atoms in total. The molecule has 0 saturated carbocycles. The van der Waals surface area contributed by atoms with Crippen molar-refractivity contribution in [3.05, 3.63) is 24.0 Å². The van der Waals surface area contributed by atoms with Gasteiger partial charge in [-0.2, -0.15) is 0 Å². The Kier molecular flexibility index (Phi) is 2.37. The van der Waals surface area contributed by atoms with Crippen LogP contribution < -0.4 is 10.1 Å². The maximum Gasteiger partial charge on any atom is 0.169 e. The van der Waals surface area contributed by atoms with Gasteiger partial charge in [-0.25, -0.2) is 4.39 Å². The fourth-order valence-corrected chi connectivity index (χ4v) is 1.76. The summed E-state index contributed by atoms with van der Waals surface area (Å²) in [6.07, 6.45) is 2.05. The van der Waals surface area contributed by atoms with Gasteiger partial charge >= 0.3 is 0 Å². The third-order valence-electron chi connectivity index (χ3n) is 2.52. The van der Waals surface area contributed by atoms with Gasteiger partial charge < -0.3 is 10.1 Å². The monoisotopic (exact) mass is 196 g/mol. The van der Waals surface area contributed by atoms with Gasteiger partial charge in [0.25, 0.3) is 0 Å². The number of aromatic nitrogens is 1. The zero-order valence-electron chi connectivity index (χ0n) is 8.09. The molecular weight excluding hydrogens is 183 g/mol. The van der Waals surface area contributed by atoms with Gasteiger partial charge in [0.15, 0.2) is 5.67 Å². The lowest BCUT2D eigenvalue weighted by Gasteiger charge is -2.19. The van der Waals surface area contributed by atoms with Gasteiger partial charge in [0.05, 0.1) is 7.11 Å². The van der Waals surface area contributed by atoms with Crippen LogP contribution in [0.2, 0.25) is 0 Å². The summed E-state index contributed by atoms with van der Waals surface area (Å²) >= 11 is 0. The lowest BCUT2D eigenvalue weighted by Crippen LogP contribution is -2.25. The molecule has 0 aromatic carbocycles. The summed E-state index contributed by atoms with van der Waals surface area (Å²) in [5.74, 6) is 0.527. The van der Waals surface area contributed by atoms with Crippen molar-refractivity contribution in [2.24, 2.45) is 0 Å². The molecule has 1 fully saturated rings. The molecule has 0 spiro atoms. The van der Waals surface area contributed by atoms with E-state index >= 15 is 0 Å². The van der Waals surface area contributed by atoms with Crippen LogP contribution in [0.15, 0.2) is 18.3 Å². The highest BCUT2D eigenvalue weighted by Crippen LogP contribution is 2.35. The fraction of sp³-hybridized carbons (Fsp3) is 0.500. The number of hydrogen-bond donors (Lipinski definition) is 1. The molecule has 2 rings (SSSR count). The number of alkyl halides is 1. The predicted octanol–water partition coefficient (Wildman–Crippen LogP) is 1.25. The summed E-state index contributed by atoms with van der Waals surface area (Å²) in [5.41, 5.74) is -0.959. The van der Waals surface area contributed by atoms with E-state index in [0.717, 1.165) is 0 Å². The summed E-state index contributed by atoms with van der Waals surface area (Å²) in [6, 6.07) is 3.48. The van der Waals surface area contributed by atoms with Crippen LogP contribution in [-0.4, -0.2) is 25.2 Å². The van der Waals surface area contributed by atoms with E-state index in [9.17, 15) is 4.39 Å². The minimum Gasteiger partial charge on any atom is -0.495 e. The molecule has 0 aliphatic carbocycles. The fourth-order valence-electron chi connectivity index (χ4n) is 1.76. The molecular formula is C10H13FN2O. The smallest absolute Gasteiger partial charge is 0.169 e. The van der Waals surface area contributed by atoms with E-state index in [0.29, 0.717) is 31.0 Å². The molecule has 1 aliphatic heterocycles. The van der Waals surface area contributed by atoms with Crippen LogP contribution in [0.4, 0.5) is 4.39 Å². The maximum atomic E-state index is 14.3. The van der Waals surface area contributed by atoms with E-state index in [1.165, 1.54) is 7.11 Å². The van der Waals surface area contributed by atoms with Crippen molar-refractivity contribution in [3.8, 4) is 5.75 Å². The normalized spacial score (nSPS) is 26.4. The highest BCUT2D eigenvalue weighted by molar-refractivity contribution is 5.32. The van der Waals surface area contributed by atoms with Crippen molar-refractivity contribution in [3.63, 3.8) is 0 Å². The summed E-state index contributed by atoms with van der Waals surface area (Å²) < 4.78 is 19.4. The van der Waals surface area contributed by atoms with E-state index in [1.807, 2.05) is 0 Å². The first kappa shape index (κ1) is 9.40. The van der Waals surface area contributed by atoms with E-state index in [-0.39, 0.29) is 0 Å². The Hall–Kier alpha value is -1.16. The van der Waals surface area contributed by atoms with Crippen LogP contribution in [-0.2, 0) is 5.67 Å². The van der Waals surface area contributed by atoms with Crippen LogP contribution in [0.5, 0.6) is 5.75 Å². The van der Waals surface area contributed by atoms with Crippen LogP contribution in [0.25, 0.3) is 0 Å². The van der Waals surface area contributed by atoms with Crippen molar-refractivity contribution >= 4 is 0 Å². The second-order valence-electron chi connectivity index (χ2n) is 3.45. The average Bonchev–Trinajstić information content (AvgIpc) is 2.66. The van der Waals surface area contributed by atoms with Crippen molar-refractivity contribution in [2.45, 2.75) is 12.1 Å². The molecule has 0 amide bonds. The zero-order valence-corrected chi connectivity index (χ0v) is 8.09. The maximum absolute atomic E-state index is 14.3. The van der Waals surface area contributed by atoms with Gasteiger partial charge in [0, 0.05) is 19.2 Å². The van der Waals surface area contributed by atoms with Gasteiger partial charge in [-0.05, 0) is 18.7 Å². The Bertz CT molecular complexity index is 324.